The SMILES string of the molecule is NC(Cc1cccc(F)c1)c1ccc(Cl)cn1. The summed E-state index contributed by atoms with van der Waals surface area (Å²) in [6.45, 7) is 0. The molecule has 1 atom stereocenters. The average molecular weight is 251 g/mol. The number of hydrogen-bond acceptors (Lipinski definition) is 2. The Morgan fingerprint density at radius 2 is 2.12 bits per heavy atom. The van der Waals surface area contributed by atoms with E-state index in [0.717, 1.165) is 11.3 Å². The summed E-state index contributed by atoms with van der Waals surface area (Å²) in [5.74, 6) is -0.251. The van der Waals surface area contributed by atoms with Gasteiger partial charge in [-0.1, -0.05) is 23.7 Å². The Kier molecular flexibility index (Phi) is 3.71. The maximum absolute atomic E-state index is 13.0. The fourth-order valence-electron chi connectivity index (χ4n) is 1.63. The van der Waals surface area contributed by atoms with Crippen LogP contribution in [-0.2, 0) is 6.42 Å². The van der Waals surface area contributed by atoms with Gasteiger partial charge in [-0.05, 0) is 36.2 Å². The summed E-state index contributed by atoms with van der Waals surface area (Å²) in [7, 11) is 0. The molecule has 1 aromatic carbocycles. The standard InChI is InChI=1S/C13H12ClFN2/c14-10-4-5-13(17-8-10)12(16)7-9-2-1-3-11(15)6-9/h1-6,8,12H,7,16H2. The van der Waals surface area contributed by atoms with Crippen LogP contribution in [0.2, 0.25) is 5.02 Å². The minimum Gasteiger partial charge on any atom is -0.322 e. The monoisotopic (exact) mass is 250 g/mol. The van der Waals surface area contributed by atoms with Crippen LogP contribution in [0.15, 0.2) is 42.6 Å². The Labute approximate surface area is 104 Å². The number of rotatable bonds is 3. The fourth-order valence-corrected chi connectivity index (χ4v) is 1.74. The zero-order valence-electron chi connectivity index (χ0n) is 9.11. The molecule has 88 valence electrons. The second kappa shape index (κ2) is 5.25. The summed E-state index contributed by atoms with van der Waals surface area (Å²) in [6, 6.07) is 9.69. The molecule has 0 saturated heterocycles. The maximum Gasteiger partial charge on any atom is 0.123 e. The van der Waals surface area contributed by atoms with Gasteiger partial charge in [-0.15, -0.1) is 0 Å². The molecule has 0 bridgehead atoms. The van der Waals surface area contributed by atoms with Gasteiger partial charge in [0.25, 0.3) is 0 Å². The second-order valence-electron chi connectivity index (χ2n) is 3.84. The molecule has 2 aromatic rings. The van der Waals surface area contributed by atoms with E-state index in [2.05, 4.69) is 4.98 Å². The van der Waals surface area contributed by atoms with Crippen molar-refractivity contribution in [2.45, 2.75) is 12.5 Å². The first-order chi connectivity index (χ1) is 8.15. The van der Waals surface area contributed by atoms with Crippen LogP contribution in [0.3, 0.4) is 0 Å². The lowest BCUT2D eigenvalue weighted by atomic mass is 10.0. The van der Waals surface area contributed by atoms with Crippen LogP contribution in [0, 0.1) is 5.82 Å². The van der Waals surface area contributed by atoms with E-state index in [1.54, 1.807) is 24.4 Å². The zero-order valence-corrected chi connectivity index (χ0v) is 9.86. The summed E-state index contributed by atoms with van der Waals surface area (Å²) < 4.78 is 13.0. The molecule has 2 nitrogen and oxygen atoms in total. The third kappa shape index (κ3) is 3.25. The quantitative estimate of drug-likeness (QED) is 0.909. The Hall–Kier alpha value is -1.45. The molecule has 1 unspecified atom stereocenters. The Morgan fingerprint density at radius 3 is 2.76 bits per heavy atom. The van der Waals surface area contributed by atoms with Crippen molar-refractivity contribution >= 4 is 11.6 Å². The lowest BCUT2D eigenvalue weighted by Gasteiger charge is -2.11. The highest BCUT2D eigenvalue weighted by Crippen LogP contribution is 2.16. The van der Waals surface area contributed by atoms with Crippen molar-refractivity contribution in [3.63, 3.8) is 0 Å². The molecule has 0 aliphatic carbocycles. The molecule has 0 saturated carbocycles. The second-order valence-corrected chi connectivity index (χ2v) is 4.28. The Bertz CT molecular complexity index is 499. The van der Waals surface area contributed by atoms with Gasteiger partial charge in [-0.25, -0.2) is 4.39 Å². The molecular weight excluding hydrogens is 239 g/mol. The predicted octanol–water partition coefficient (Wildman–Crippen LogP) is 3.12. The molecule has 1 heterocycles. The van der Waals surface area contributed by atoms with E-state index in [1.807, 2.05) is 6.07 Å². The third-order valence-electron chi connectivity index (χ3n) is 2.47. The van der Waals surface area contributed by atoms with Crippen molar-refractivity contribution in [2.24, 2.45) is 5.73 Å². The van der Waals surface area contributed by atoms with Crippen LogP contribution < -0.4 is 5.73 Å². The average Bonchev–Trinajstić information content (AvgIpc) is 2.29. The topological polar surface area (TPSA) is 38.9 Å². The molecule has 17 heavy (non-hydrogen) atoms. The molecule has 0 spiro atoms. The molecule has 0 aliphatic heterocycles. The molecule has 0 aliphatic rings. The number of aromatic nitrogens is 1. The molecule has 2 rings (SSSR count). The van der Waals surface area contributed by atoms with Gasteiger partial charge in [0.05, 0.1) is 16.8 Å². The smallest absolute Gasteiger partial charge is 0.123 e. The highest BCUT2D eigenvalue weighted by Gasteiger charge is 2.08. The number of nitrogens with zero attached hydrogens (tertiary/aromatic N) is 1. The number of hydrogen-bond donors (Lipinski definition) is 1. The van der Waals surface area contributed by atoms with Crippen molar-refractivity contribution in [3.05, 3.63) is 64.7 Å². The molecule has 4 heteroatoms. The molecule has 1 aromatic heterocycles. The van der Waals surface area contributed by atoms with Gasteiger partial charge >= 0.3 is 0 Å². The van der Waals surface area contributed by atoms with E-state index in [-0.39, 0.29) is 11.9 Å². The van der Waals surface area contributed by atoms with E-state index >= 15 is 0 Å². The summed E-state index contributed by atoms with van der Waals surface area (Å²) in [6.07, 6.45) is 2.11. The maximum atomic E-state index is 13.0. The molecular formula is C13H12ClFN2. The molecule has 0 radical (unpaired) electrons. The minimum absolute atomic E-state index is 0.251. The summed E-state index contributed by atoms with van der Waals surface area (Å²) in [4.78, 5) is 4.15. The van der Waals surface area contributed by atoms with E-state index in [4.69, 9.17) is 17.3 Å². The lowest BCUT2D eigenvalue weighted by Crippen LogP contribution is -2.14. The van der Waals surface area contributed by atoms with Gasteiger partial charge in [0.15, 0.2) is 0 Å². The number of nitrogens with two attached hydrogens (primary N) is 1. The van der Waals surface area contributed by atoms with Crippen LogP contribution in [0.5, 0.6) is 0 Å². The highest BCUT2D eigenvalue weighted by molar-refractivity contribution is 6.30. The van der Waals surface area contributed by atoms with Gasteiger partial charge in [-0.2, -0.15) is 0 Å². The van der Waals surface area contributed by atoms with Gasteiger partial charge < -0.3 is 5.73 Å². The fraction of sp³-hybridized carbons (Fsp3) is 0.154. The zero-order chi connectivity index (χ0) is 12.3. The largest absolute Gasteiger partial charge is 0.322 e. The van der Waals surface area contributed by atoms with Crippen molar-refractivity contribution in [3.8, 4) is 0 Å². The number of pyridine rings is 1. The van der Waals surface area contributed by atoms with Gasteiger partial charge in [0, 0.05) is 6.20 Å². The highest BCUT2D eigenvalue weighted by atomic mass is 35.5. The molecule has 0 fully saturated rings. The van der Waals surface area contributed by atoms with Gasteiger partial charge in [0.1, 0.15) is 5.82 Å². The lowest BCUT2D eigenvalue weighted by molar-refractivity contribution is 0.621. The van der Waals surface area contributed by atoms with Crippen LogP contribution >= 0.6 is 11.6 Å². The van der Waals surface area contributed by atoms with E-state index in [0.29, 0.717) is 11.4 Å². The van der Waals surface area contributed by atoms with Crippen molar-refractivity contribution < 1.29 is 4.39 Å². The van der Waals surface area contributed by atoms with Gasteiger partial charge in [0.2, 0.25) is 0 Å². The third-order valence-corrected chi connectivity index (χ3v) is 2.70. The Morgan fingerprint density at radius 1 is 1.29 bits per heavy atom. The van der Waals surface area contributed by atoms with E-state index in [9.17, 15) is 4.39 Å². The summed E-state index contributed by atoms with van der Waals surface area (Å²) >= 11 is 5.74. The molecule has 2 N–H and O–H groups in total. The number of halogens is 2. The van der Waals surface area contributed by atoms with Crippen LogP contribution in [0.1, 0.15) is 17.3 Å². The van der Waals surface area contributed by atoms with Crippen molar-refractivity contribution in [1.29, 1.82) is 0 Å². The summed E-state index contributed by atoms with van der Waals surface area (Å²) in [5, 5.41) is 0.576. The Balaban J connectivity index is 2.11. The van der Waals surface area contributed by atoms with Crippen LogP contribution in [0.25, 0.3) is 0 Å². The summed E-state index contributed by atoms with van der Waals surface area (Å²) in [5.41, 5.74) is 7.60. The van der Waals surface area contributed by atoms with Crippen molar-refractivity contribution in [1.82, 2.24) is 4.98 Å². The van der Waals surface area contributed by atoms with Crippen molar-refractivity contribution in [2.75, 3.05) is 0 Å². The predicted molar refractivity (Wildman–Crippen MR) is 66.3 cm³/mol. The van der Waals surface area contributed by atoms with E-state index < -0.39 is 0 Å². The normalized spacial score (nSPS) is 12.4. The first-order valence-electron chi connectivity index (χ1n) is 5.26. The minimum atomic E-state index is -0.255. The van der Waals surface area contributed by atoms with Crippen LogP contribution in [0.4, 0.5) is 4.39 Å². The van der Waals surface area contributed by atoms with Gasteiger partial charge in [-0.3, -0.25) is 4.98 Å². The number of benzene rings is 1. The van der Waals surface area contributed by atoms with Crippen LogP contribution in [-0.4, -0.2) is 4.98 Å². The first kappa shape index (κ1) is 12.0. The molecule has 0 amide bonds. The van der Waals surface area contributed by atoms with E-state index in [1.165, 1.54) is 12.1 Å². The first-order valence-corrected chi connectivity index (χ1v) is 5.64.